The summed E-state index contributed by atoms with van der Waals surface area (Å²) in [6, 6.07) is -1.04. The summed E-state index contributed by atoms with van der Waals surface area (Å²) in [5.74, 6) is 0. The first-order valence-corrected chi connectivity index (χ1v) is 3.64. The standard InChI is InChI=1S/C6H13NO5.ClH/c7-3-5(10)4(9)2(1-8)12-6(3)11;/h2-6,8-11H,1,7H2;1H/i6+2;. The third-order valence-electron chi connectivity index (χ3n) is 1.95. The summed E-state index contributed by atoms with van der Waals surface area (Å²) < 4.78 is 4.70. The molecule has 0 bridgehead atoms. The Kier molecular flexibility index (Phi) is 5.08. The number of hydrogen-bond donors (Lipinski definition) is 5. The first kappa shape index (κ1) is 13.1. The number of hydrogen-bond acceptors (Lipinski definition) is 6. The molecule has 0 aromatic rings. The zero-order valence-electron chi connectivity index (χ0n) is 6.78. The quantitative estimate of drug-likeness (QED) is 0.323. The average Bonchev–Trinajstić information content (AvgIpc) is 2.08. The van der Waals surface area contributed by atoms with E-state index in [1.54, 1.807) is 0 Å². The van der Waals surface area contributed by atoms with Crippen LogP contribution in [-0.2, 0) is 4.74 Å². The van der Waals surface area contributed by atoms with Crippen molar-refractivity contribution in [3.8, 4) is 0 Å². The van der Waals surface area contributed by atoms with Crippen molar-refractivity contribution in [3.05, 3.63) is 0 Å². The van der Waals surface area contributed by atoms with E-state index in [1.807, 2.05) is 0 Å². The maximum atomic E-state index is 9.20. The molecule has 80 valence electrons. The smallest absolute Gasteiger partial charge is 0.173 e. The van der Waals surface area contributed by atoms with E-state index in [0.717, 1.165) is 0 Å². The second kappa shape index (κ2) is 5.06. The SMILES string of the molecule is Cl.NC1C(O)C(O)C(CO)O[14CH]1O. The van der Waals surface area contributed by atoms with Crippen LogP contribution in [0.3, 0.4) is 0 Å². The van der Waals surface area contributed by atoms with Gasteiger partial charge in [-0.25, -0.2) is 0 Å². The zero-order valence-corrected chi connectivity index (χ0v) is 7.59. The topological polar surface area (TPSA) is 116 Å². The van der Waals surface area contributed by atoms with Crippen molar-refractivity contribution in [1.82, 2.24) is 0 Å². The van der Waals surface area contributed by atoms with Crippen molar-refractivity contribution < 1.29 is 25.2 Å². The van der Waals surface area contributed by atoms with Gasteiger partial charge in [-0.1, -0.05) is 0 Å². The van der Waals surface area contributed by atoms with Crippen LogP contribution in [-0.4, -0.2) is 57.7 Å². The second-order valence-electron chi connectivity index (χ2n) is 2.81. The van der Waals surface area contributed by atoms with Crippen molar-refractivity contribution in [1.29, 1.82) is 0 Å². The van der Waals surface area contributed by atoms with Gasteiger partial charge in [-0.3, -0.25) is 0 Å². The molecule has 1 aliphatic rings. The molecule has 1 aliphatic heterocycles. The molecule has 6 nitrogen and oxygen atoms in total. The van der Waals surface area contributed by atoms with E-state index in [1.165, 1.54) is 0 Å². The Labute approximate surface area is 81.3 Å². The fourth-order valence-electron chi connectivity index (χ4n) is 1.12. The molecule has 6 N–H and O–H groups in total. The van der Waals surface area contributed by atoms with Gasteiger partial charge in [0.05, 0.1) is 12.6 Å². The van der Waals surface area contributed by atoms with Gasteiger partial charge in [0.25, 0.3) is 0 Å². The summed E-state index contributed by atoms with van der Waals surface area (Å²) in [5, 5.41) is 36.1. The summed E-state index contributed by atoms with van der Waals surface area (Å²) in [5.41, 5.74) is 5.26. The lowest BCUT2D eigenvalue weighted by molar-refractivity contribution is -0.248. The van der Waals surface area contributed by atoms with Gasteiger partial charge < -0.3 is 30.9 Å². The fraction of sp³-hybridized carbons (Fsp3) is 1.00. The van der Waals surface area contributed by atoms with Gasteiger partial charge in [0, 0.05) is 0 Å². The summed E-state index contributed by atoms with van der Waals surface area (Å²) in [4.78, 5) is 0. The summed E-state index contributed by atoms with van der Waals surface area (Å²) in [7, 11) is 0. The van der Waals surface area contributed by atoms with E-state index in [0.29, 0.717) is 0 Å². The van der Waals surface area contributed by atoms with Crippen LogP contribution in [0.4, 0.5) is 0 Å². The van der Waals surface area contributed by atoms with Crippen LogP contribution in [0.2, 0.25) is 0 Å². The predicted molar refractivity (Wildman–Crippen MR) is 45.2 cm³/mol. The third kappa shape index (κ3) is 2.50. The number of aliphatic hydroxyl groups is 4. The first-order valence-electron chi connectivity index (χ1n) is 3.64. The van der Waals surface area contributed by atoms with Gasteiger partial charge in [0.2, 0.25) is 0 Å². The van der Waals surface area contributed by atoms with Crippen molar-refractivity contribution >= 4 is 12.4 Å². The summed E-state index contributed by atoms with van der Waals surface area (Å²) in [6.07, 6.45) is -4.85. The van der Waals surface area contributed by atoms with Gasteiger partial charge in [0.15, 0.2) is 6.29 Å². The Bertz CT molecular complexity index is 155. The van der Waals surface area contributed by atoms with Crippen LogP contribution >= 0.6 is 12.4 Å². The Morgan fingerprint density at radius 2 is 1.85 bits per heavy atom. The molecule has 1 fully saturated rings. The molecule has 1 saturated heterocycles. The minimum absolute atomic E-state index is 0. The van der Waals surface area contributed by atoms with Crippen molar-refractivity contribution in [2.45, 2.75) is 30.6 Å². The zero-order chi connectivity index (χ0) is 9.30. The first-order chi connectivity index (χ1) is 5.57. The molecular weight excluding hydrogens is 204 g/mol. The highest BCUT2D eigenvalue weighted by Crippen LogP contribution is 2.17. The largest absolute Gasteiger partial charge is 0.394 e. The molecule has 5 atom stereocenters. The van der Waals surface area contributed by atoms with E-state index < -0.39 is 37.3 Å². The van der Waals surface area contributed by atoms with Gasteiger partial charge >= 0.3 is 0 Å². The molecule has 1 heterocycles. The van der Waals surface area contributed by atoms with Crippen LogP contribution in [0.1, 0.15) is 0 Å². The maximum absolute atomic E-state index is 9.20. The molecule has 0 saturated carbocycles. The van der Waals surface area contributed by atoms with Crippen LogP contribution < -0.4 is 5.73 Å². The summed E-state index contributed by atoms with van der Waals surface area (Å²) >= 11 is 0. The Balaban J connectivity index is 0.00000144. The highest BCUT2D eigenvalue weighted by molar-refractivity contribution is 5.85. The van der Waals surface area contributed by atoms with E-state index >= 15 is 0 Å². The maximum Gasteiger partial charge on any atom is 0.173 e. The van der Waals surface area contributed by atoms with E-state index in [4.69, 9.17) is 20.7 Å². The molecule has 0 amide bonds. The van der Waals surface area contributed by atoms with Crippen LogP contribution in [0, 0.1) is 0 Å². The number of halogens is 1. The van der Waals surface area contributed by atoms with Crippen LogP contribution in [0.25, 0.3) is 0 Å². The molecule has 7 heteroatoms. The van der Waals surface area contributed by atoms with Crippen molar-refractivity contribution in [2.75, 3.05) is 6.61 Å². The molecule has 0 aliphatic carbocycles. The molecule has 0 radical (unpaired) electrons. The molecule has 1 rings (SSSR count). The fourth-order valence-corrected chi connectivity index (χ4v) is 1.12. The van der Waals surface area contributed by atoms with Gasteiger partial charge in [0.1, 0.15) is 18.3 Å². The molecule has 0 aromatic heterocycles. The molecule has 5 unspecified atom stereocenters. The molecule has 0 aromatic carbocycles. The highest BCUT2D eigenvalue weighted by Gasteiger charge is 2.41. The normalized spacial score (nSPS) is 45.5. The van der Waals surface area contributed by atoms with Gasteiger partial charge in [-0.15, -0.1) is 12.4 Å². The van der Waals surface area contributed by atoms with E-state index in [2.05, 4.69) is 0 Å². The van der Waals surface area contributed by atoms with E-state index in [9.17, 15) is 10.2 Å². The Hall–Kier alpha value is 0.0500. The third-order valence-corrected chi connectivity index (χ3v) is 1.95. The Morgan fingerprint density at radius 3 is 2.31 bits per heavy atom. The van der Waals surface area contributed by atoms with Crippen LogP contribution in [0.15, 0.2) is 0 Å². The van der Waals surface area contributed by atoms with E-state index in [-0.39, 0.29) is 12.4 Å². The van der Waals surface area contributed by atoms with Crippen molar-refractivity contribution in [2.24, 2.45) is 5.73 Å². The molecule has 0 spiro atoms. The monoisotopic (exact) mass is 217 g/mol. The van der Waals surface area contributed by atoms with Gasteiger partial charge in [-0.05, 0) is 0 Å². The number of nitrogens with two attached hydrogens (primary N) is 1. The second-order valence-corrected chi connectivity index (χ2v) is 2.81. The summed E-state index contributed by atoms with van der Waals surface area (Å²) in [6.45, 7) is -0.470. The predicted octanol–water partition coefficient (Wildman–Crippen LogP) is -2.83. The number of ether oxygens (including phenoxy) is 1. The molecule has 13 heavy (non-hydrogen) atoms. The molecular formula is C6H14ClNO5. The lowest BCUT2D eigenvalue weighted by Crippen LogP contribution is -2.61. The number of rotatable bonds is 1. The van der Waals surface area contributed by atoms with Gasteiger partial charge in [-0.2, -0.15) is 0 Å². The highest BCUT2D eigenvalue weighted by atomic mass is 35.5. The lowest BCUT2D eigenvalue weighted by Gasteiger charge is -2.38. The minimum Gasteiger partial charge on any atom is -0.394 e. The average molecular weight is 218 g/mol. The van der Waals surface area contributed by atoms with Crippen LogP contribution in [0.5, 0.6) is 0 Å². The minimum atomic E-state index is -1.35. The van der Waals surface area contributed by atoms with Crippen molar-refractivity contribution in [3.63, 3.8) is 0 Å². The Morgan fingerprint density at radius 1 is 1.31 bits per heavy atom. The lowest BCUT2D eigenvalue weighted by atomic mass is 10.1. The number of aliphatic hydroxyl groups excluding tert-OH is 4.